The number of nitrogens with one attached hydrogen (secondary N) is 1. The molecule has 2 fully saturated rings. The molecule has 1 aromatic rings. The summed E-state index contributed by atoms with van der Waals surface area (Å²) in [4.78, 5) is 5.29. The van der Waals surface area contributed by atoms with E-state index in [0.29, 0.717) is 0 Å². The van der Waals surface area contributed by atoms with Crippen LogP contribution in [-0.4, -0.2) is 56.3 Å². The molecule has 0 radical (unpaired) electrons. The lowest BCUT2D eigenvalue weighted by Crippen LogP contribution is -2.51. The van der Waals surface area contributed by atoms with Gasteiger partial charge in [-0.05, 0) is 77.1 Å². The maximum Gasteiger partial charge on any atom is 0.142 e. The van der Waals surface area contributed by atoms with Crippen LogP contribution in [0.15, 0.2) is 24.3 Å². The molecule has 164 valence electrons. The minimum Gasteiger partial charge on any atom is -0.489 e. The van der Waals surface area contributed by atoms with Crippen molar-refractivity contribution in [2.75, 3.05) is 44.2 Å². The molecule has 1 aliphatic carbocycles. The lowest BCUT2D eigenvalue weighted by Gasteiger charge is -2.43. The molecule has 4 heteroatoms. The van der Waals surface area contributed by atoms with Crippen LogP contribution in [0.4, 0.5) is 5.69 Å². The average Bonchev–Trinajstić information content (AvgIpc) is 2.74. The first-order chi connectivity index (χ1) is 14.2. The molecule has 1 saturated heterocycles. The first kappa shape index (κ1) is 22.4. The Labute approximate surface area is 179 Å². The fourth-order valence-electron chi connectivity index (χ4n) is 5.06. The Balaban J connectivity index is 1.40. The first-order valence-corrected chi connectivity index (χ1v) is 12.1. The number of hydrogen-bond acceptors (Lipinski definition) is 4. The number of unbranched alkanes of at least 4 members (excludes halogenated alkanes) is 1. The van der Waals surface area contributed by atoms with E-state index in [4.69, 9.17) is 4.74 Å². The molecule has 29 heavy (non-hydrogen) atoms. The third-order valence-electron chi connectivity index (χ3n) is 6.68. The zero-order valence-electron chi connectivity index (χ0n) is 19.0. The fraction of sp³-hybridized carbons (Fsp3) is 0.760. The molecule has 1 heterocycles. The van der Waals surface area contributed by atoms with Gasteiger partial charge >= 0.3 is 0 Å². The van der Waals surface area contributed by atoms with Crippen molar-refractivity contribution in [2.24, 2.45) is 5.92 Å². The molecule has 1 aromatic carbocycles. The maximum atomic E-state index is 6.05. The van der Waals surface area contributed by atoms with Crippen molar-refractivity contribution in [3.63, 3.8) is 0 Å². The fourth-order valence-corrected chi connectivity index (χ4v) is 5.06. The highest BCUT2D eigenvalue weighted by Gasteiger charge is 2.28. The van der Waals surface area contributed by atoms with Crippen LogP contribution in [0.25, 0.3) is 0 Å². The molecule has 1 saturated carbocycles. The number of ether oxygens (including phenoxy) is 1. The first-order valence-electron chi connectivity index (χ1n) is 12.1. The Morgan fingerprint density at radius 3 is 2.41 bits per heavy atom. The monoisotopic (exact) mass is 401 g/mol. The van der Waals surface area contributed by atoms with E-state index in [1.54, 1.807) is 0 Å². The van der Waals surface area contributed by atoms with E-state index in [1.165, 1.54) is 70.3 Å². The summed E-state index contributed by atoms with van der Waals surface area (Å²) in [5, 5.41) is 3.45. The van der Waals surface area contributed by atoms with Crippen molar-refractivity contribution in [2.45, 2.75) is 77.9 Å². The summed E-state index contributed by atoms with van der Waals surface area (Å²) >= 11 is 0. The number of rotatable bonds is 10. The minimum absolute atomic E-state index is 0.218. The Kier molecular flexibility index (Phi) is 9.13. The molecule has 0 amide bonds. The molecule has 4 nitrogen and oxygen atoms in total. The summed E-state index contributed by atoms with van der Waals surface area (Å²) in [7, 11) is 0. The van der Waals surface area contributed by atoms with E-state index in [2.05, 4.69) is 60.2 Å². The number of piperazine rings is 1. The normalized spacial score (nSPS) is 23.5. The number of benzene rings is 1. The molecule has 0 bridgehead atoms. The quantitative estimate of drug-likeness (QED) is 0.562. The molecular formula is C25H43N3O. The Hall–Kier alpha value is -1.26. The highest BCUT2D eigenvalue weighted by atomic mass is 16.5. The standard InChI is InChI=1S/C25H43N3O/c1-4-26-16-8-7-9-22-12-14-23(15-13-22)27-17-19-28(20-18-27)24-10-5-6-11-25(24)29-21(2)3/h5-6,10-11,21-23,26H,4,7-9,12-20H2,1-3H3. The third kappa shape index (κ3) is 6.89. The topological polar surface area (TPSA) is 27.7 Å². The van der Waals surface area contributed by atoms with Gasteiger partial charge in [0.2, 0.25) is 0 Å². The van der Waals surface area contributed by atoms with Gasteiger partial charge in [-0.15, -0.1) is 0 Å². The molecule has 0 atom stereocenters. The number of nitrogens with zero attached hydrogens (tertiary/aromatic N) is 2. The van der Waals surface area contributed by atoms with Gasteiger partial charge in [-0.25, -0.2) is 0 Å². The predicted molar refractivity (Wildman–Crippen MR) is 124 cm³/mol. The van der Waals surface area contributed by atoms with Crippen LogP contribution in [0.3, 0.4) is 0 Å². The largest absolute Gasteiger partial charge is 0.489 e. The summed E-state index contributed by atoms with van der Waals surface area (Å²) < 4.78 is 6.05. The third-order valence-corrected chi connectivity index (χ3v) is 6.68. The van der Waals surface area contributed by atoms with E-state index in [9.17, 15) is 0 Å². The maximum absolute atomic E-state index is 6.05. The lowest BCUT2D eigenvalue weighted by atomic mass is 9.82. The lowest BCUT2D eigenvalue weighted by molar-refractivity contribution is 0.126. The number of hydrogen-bond donors (Lipinski definition) is 1. The van der Waals surface area contributed by atoms with Crippen molar-refractivity contribution >= 4 is 5.69 Å². The van der Waals surface area contributed by atoms with Gasteiger partial charge in [0.1, 0.15) is 5.75 Å². The van der Waals surface area contributed by atoms with E-state index < -0.39 is 0 Å². The molecule has 1 aliphatic heterocycles. The Morgan fingerprint density at radius 1 is 1.00 bits per heavy atom. The van der Waals surface area contributed by atoms with Gasteiger partial charge in [-0.1, -0.05) is 31.9 Å². The highest BCUT2D eigenvalue weighted by molar-refractivity contribution is 5.58. The van der Waals surface area contributed by atoms with E-state index >= 15 is 0 Å². The van der Waals surface area contributed by atoms with Gasteiger partial charge in [0.25, 0.3) is 0 Å². The summed E-state index contributed by atoms with van der Waals surface area (Å²) in [6.45, 7) is 13.3. The number of anilines is 1. The Morgan fingerprint density at radius 2 is 1.72 bits per heavy atom. The second kappa shape index (κ2) is 11.8. The molecule has 0 aromatic heterocycles. The van der Waals surface area contributed by atoms with Gasteiger partial charge in [0.05, 0.1) is 11.8 Å². The minimum atomic E-state index is 0.218. The molecular weight excluding hydrogens is 358 g/mol. The summed E-state index contributed by atoms with van der Waals surface area (Å²) in [5.74, 6) is 2.01. The summed E-state index contributed by atoms with van der Waals surface area (Å²) in [5.41, 5.74) is 1.27. The van der Waals surface area contributed by atoms with E-state index in [0.717, 1.165) is 37.3 Å². The predicted octanol–water partition coefficient (Wildman–Crippen LogP) is 4.93. The van der Waals surface area contributed by atoms with Crippen LogP contribution in [0.5, 0.6) is 5.75 Å². The van der Waals surface area contributed by atoms with Crippen LogP contribution in [-0.2, 0) is 0 Å². The van der Waals surface area contributed by atoms with Gasteiger partial charge < -0.3 is 15.0 Å². The molecule has 1 N–H and O–H groups in total. The highest BCUT2D eigenvalue weighted by Crippen LogP contribution is 2.33. The van der Waals surface area contributed by atoms with Crippen LogP contribution < -0.4 is 15.0 Å². The number of para-hydroxylation sites is 2. The molecule has 2 aliphatic rings. The zero-order chi connectivity index (χ0) is 20.5. The molecule has 0 unspecified atom stereocenters. The van der Waals surface area contributed by atoms with Gasteiger partial charge in [0, 0.05) is 32.2 Å². The Bertz CT molecular complexity index is 575. The summed E-state index contributed by atoms with van der Waals surface area (Å²) in [6.07, 6.45) is 10.1. The SMILES string of the molecule is CCNCCCCC1CCC(N2CCN(c3ccccc3OC(C)C)CC2)CC1. The van der Waals surface area contributed by atoms with Crippen molar-refractivity contribution < 1.29 is 4.74 Å². The van der Waals surface area contributed by atoms with Gasteiger partial charge in [0.15, 0.2) is 0 Å². The molecule has 3 rings (SSSR count). The van der Waals surface area contributed by atoms with Gasteiger partial charge in [-0.2, -0.15) is 0 Å². The van der Waals surface area contributed by atoms with E-state index in [-0.39, 0.29) is 6.10 Å². The second-order valence-corrected chi connectivity index (χ2v) is 9.18. The van der Waals surface area contributed by atoms with Crippen molar-refractivity contribution in [1.82, 2.24) is 10.2 Å². The van der Waals surface area contributed by atoms with Crippen LogP contribution in [0, 0.1) is 5.92 Å². The van der Waals surface area contributed by atoms with Crippen LogP contribution >= 0.6 is 0 Å². The van der Waals surface area contributed by atoms with Gasteiger partial charge in [-0.3, -0.25) is 4.90 Å². The van der Waals surface area contributed by atoms with Crippen molar-refractivity contribution in [3.8, 4) is 5.75 Å². The summed E-state index contributed by atoms with van der Waals surface area (Å²) in [6, 6.07) is 9.36. The molecule has 0 spiro atoms. The van der Waals surface area contributed by atoms with Crippen LogP contribution in [0.2, 0.25) is 0 Å². The average molecular weight is 402 g/mol. The zero-order valence-corrected chi connectivity index (χ0v) is 19.0. The van der Waals surface area contributed by atoms with Crippen molar-refractivity contribution in [1.29, 1.82) is 0 Å². The smallest absolute Gasteiger partial charge is 0.142 e. The van der Waals surface area contributed by atoms with E-state index in [1.807, 2.05) is 0 Å². The van der Waals surface area contributed by atoms with Crippen molar-refractivity contribution in [3.05, 3.63) is 24.3 Å². The second-order valence-electron chi connectivity index (χ2n) is 9.18. The van der Waals surface area contributed by atoms with Crippen LogP contribution in [0.1, 0.15) is 65.7 Å².